The predicted molar refractivity (Wildman–Crippen MR) is 116 cm³/mol. The van der Waals surface area contributed by atoms with E-state index in [2.05, 4.69) is 5.32 Å². The van der Waals surface area contributed by atoms with Gasteiger partial charge in [0, 0.05) is 18.0 Å². The average molecular weight is 491 g/mol. The number of nitrogens with one attached hydrogen (secondary N) is 1. The molecule has 0 bridgehead atoms. The highest BCUT2D eigenvalue weighted by Crippen LogP contribution is 2.35. The zero-order chi connectivity index (χ0) is 23.4. The Morgan fingerprint density at radius 3 is 2.53 bits per heavy atom. The van der Waals surface area contributed by atoms with Gasteiger partial charge in [-0.25, -0.2) is 8.42 Å². The highest BCUT2D eigenvalue weighted by molar-refractivity contribution is 7.91. The quantitative estimate of drug-likeness (QED) is 0.571. The van der Waals surface area contributed by atoms with E-state index in [-0.39, 0.29) is 28.7 Å². The number of carbonyl (C=O) groups excluding carboxylic acids is 1. The standard InChI is InChI=1S/C21H25F3N2O4S2/c1-2-12-30-18-8-6-15(21(22,23)24)13-17(18)25-19(27)14-16-7-9-20(31-16)32(28,29)26-10-4-3-5-11-26/h6-9,13H,2-5,10-12,14H2,1H3,(H,25,27). The van der Waals surface area contributed by atoms with E-state index < -0.39 is 27.7 Å². The fourth-order valence-electron chi connectivity index (χ4n) is 3.32. The number of benzene rings is 1. The maximum Gasteiger partial charge on any atom is 0.416 e. The Bertz CT molecular complexity index is 1050. The van der Waals surface area contributed by atoms with Gasteiger partial charge < -0.3 is 10.1 Å². The van der Waals surface area contributed by atoms with Gasteiger partial charge >= 0.3 is 6.18 Å². The van der Waals surface area contributed by atoms with Gasteiger partial charge in [0.2, 0.25) is 5.91 Å². The number of thiophene rings is 1. The number of piperidine rings is 1. The first-order chi connectivity index (χ1) is 15.1. The fourth-order valence-corrected chi connectivity index (χ4v) is 6.34. The van der Waals surface area contributed by atoms with Crippen LogP contribution in [0.3, 0.4) is 0 Å². The molecule has 32 heavy (non-hydrogen) atoms. The van der Waals surface area contributed by atoms with Crippen molar-refractivity contribution in [3.05, 3.63) is 40.8 Å². The molecule has 0 aliphatic carbocycles. The molecule has 1 fully saturated rings. The summed E-state index contributed by atoms with van der Waals surface area (Å²) in [6.45, 7) is 3.10. The molecule has 0 unspecified atom stereocenters. The smallest absolute Gasteiger partial charge is 0.416 e. The van der Waals surface area contributed by atoms with Gasteiger partial charge in [0.15, 0.2) is 0 Å². The molecule has 3 rings (SSSR count). The third-order valence-electron chi connectivity index (χ3n) is 4.92. The molecule has 0 radical (unpaired) electrons. The summed E-state index contributed by atoms with van der Waals surface area (Å²) in [7, 11) is -3.60. The fraction of sp³-hybridized carbons (Fsp3) is 0.476. The topological polar surface area (TPSA) is 75.7 Å². The molecule has 11 heteroatoms. The Balaban J connectivity index is 1.73. The summed E-state index contributed by atoms with van der Waals surface area (Å²) in [6, 6.07) is 5.95. The lowest BCUT2D eigenvalue weighted by atomic mass is 10.1. The van der Waals surface area contributed by atoms with Crippen LogP contribution in [0.25, 0.3) is 0 Å². The van der Waals surface area contributed by atoms with E-state index in [0.29, 0.717) is 24.4 Å². The summed E-state index contributed by atoms with van der Waals surface area (Å²) >= 11 is 0.996. The molecule has 2 aromatic rings. The zero-order valence-electron chi connectivity index (χ0n) is 17.6. The lowest BCUT2D eigenvalue weighted by Gasteiger charge is -2.25. The number of carbonyl (C=O) groups is 1. The molecule has 0 saturated carbocycles. The Hall–Kier alpha value is -2.11. The number of alkyl halides is 3. The minimum absolute atomic E-state index is 0.0732. The normalized spacial score (nSPS) is 15.5. The van der Waals surface area contributed by atoms with E-state index in [9.17, 15) is 26.4 Å². The summed E-state index contributed by atoms with van der Waals surface area (Å²) in [4.78, 5) is 13.0. The van der Waals surface area contributed by atoms with Crippen LogP contribution in [0.1, 0.15) is 43.0 Å². The summed E-state index contributed by atoms with van der Waals surface area (Å²) in [5, 5.41) is 2.47. The number of anilines is 1. The molecule has 1 N–H and O–H groups in total. The van der Waals surface area contributed by atoms with E-state index in [0.717, 1.165) is 42.7 Å². The van der Waals surface area contributed by atoms with Gasteiger partial charge in [-0.15, -0.1) is 11.3 Å². The van der Waals surface area contributed by atoms with Gasteiger partial charge in [-0.2, -0.15) is 17.5 Å². The molecule has 0 atom stereocenters. The number of halogens is 3. The molecule has 1 aromatic heterocycles. The highest BCUT2D eigenvalue weighted by Gasteiger charge is 2.31. The van der Waals surface area contributed by atoms with Crippen molar-refractivity contribution in [2.75, 3.05) is 25.0 Å². The molecule has 1 aliphatic heterocycles. The number of ether oxygens (including phenoxy) is 1. The monoisotopic (exact) mass is 490 g/mol. The number of rotatable bonds is 8. The van der Waals surface area contributed by atoms with E-state index >= 15 is 0 Å². The number of nitrogens with zero attached hydrogens (tertiary/aromatic N) is 1. The van der Waals surface area contributed by atoms with Crippen molar-refractivity contribution in [3.63, 3.8) is 0 Å². The van der Waals surface area contributed by atoms with E-state index in [1.165, 1.54) is 16.4 Å². The first-order valence-corrected chi connectivity index (χ1v) is 12.6. The van der Waals surface area contributed by atoms with Crippen molar-refractivity contribution in [2.24, 2.45) is 0 Å². The summed E-state index contributed by atoms with van der Waals surface area (Å²) in [5.41, 5.74) is -0.973. The molecule has 6 nitrogen and oxygen atoms in total. The van der Waals surface area contributed by atoms with Crippen molar-refractivity contribution in [2.45, 2.75) is 49.4 Å². The summed E-state index contributed by atoms with van der Waals surface area (Å²) in [5.74, 6) is -0.415. The number of sulfonamides is 1. The van der Waals surface area contributed by atoms with Gasteiger partial charge in [0.25, 0.3) is 10.0 Å². The number of hydrogen-bond acceptors (Lipinski definition) is 5. The van der Waals surface area contributed by atoms with Crippen LogP contribution in [-0.4, -0.2) is 38.3 Å². The molecular weight excluding hydrogens is 465 g/mol. The molecule has 1 aliphatic rings. The predicted octanol–water partition coefficient (Wildman–Crippen LogP) is 4.91. The van der Waals surface area contributed by atoms with Gasteiger partial charge in [0.05, 0.1) is 24.3 Å². The van der Waals surface area contributed by atoms with Crippen LogP contribution in [0.15, 0.2) is 34.5 Å². The zero-order valence-corrected chi connectivity index (χ0v) is 19.2. The third kappa shape index (κ3) is 6.02. The minimum atomic E-state index is -4.56. The number of hydrogen-bond donors (Lipinski definition) is 1. The SMILES string of the molecule is CCCOc1ccc(C(F)(F)F)cc1NC(=O)Cc1ccc(S(=O)(=O)N2CCCCC2)s1. The van der Waals surface area contributed by atoms with Crippen LogP contribution in [0.4, 0.5) is 18.9 Å². The molecular formula is C21H25F3N2O4S2. The Kier molecular flexibility index (Phi) is 7.84. The van der Waals surface area contributed by atoms with E-state index in [1.54, 1.807) is 6.07 Å². The second-order valence-electron chi connectivity index (χ2n) is 7.47. The van der Waals surface area contributed by atoms with Crippen molar-refractivity contribution in [1.29, 1.82) is 0 Å². The van der Waals surface area contributed by atoms with Gasteiger partial charge in [0.1, 0.15) is 9.96 Å². The summed E-state index contributed by atoms with van der Waals surface area (Å²) < 4.78 is 71.9. The second-order valence-corrected chi connectivity index (χ2v) is 10.8. The average Bonchev–Trinajstić information content (AvgIpc) is 3.22. The van der Waals surface area contributed by atoms with Crippen molar-refractivity contribution >= 4 is 33.0 Å². The molecule has 176 valence electrons. The minimum Gasteiger partial charge on any atom is -0.491 e. The Morgan fingerprint density at radius 2 is 1.88 bits per heavy atom. The Labute approximate surface area is 189 Å². The Morgan fingerprint density at radius 1 is 1.16 bits per heavy atom. The van der Waals surface area contributed by atoms with Gasteiger partial charge in [-0.1, -0.05) is 13.3 Å². The van der Waals surface area contributed by atoms with E-state index in [1.807, 2.05) is 6.92 Å². The maximum absolute atomic E-state index is 13.1. The van der Waals surface area contributed by atoms with Crippen LogP contribution < -0.4 is 10.1 Å². The lowest BCUT2D eigenvalue weighted by Crippen LogP contribution is -2.35. The third-order valence-corrected chi connectivity index (χ3v) is 8.37. The van der Waals surface area contributed by atoms with Crippen molar-refractivity contribution in [1.82, 2.24) is 4.31 Å². The van der Waals surface area contributed by atoms with Crippen molar-refractivity contribution < 1.29 is 31.1 Å². The van der Waals surface area contributed by atoms with Crippen LogP contribution in [0, 0.1) is 0 Å². The molecule has 0 spiro atoms. The highest BCUT2D eigenvalue weighted by atomic mass is 32.2. The number of amides is 1. The van der Waals surface area contributed by atoms with Crippen molar-refractivity contribution in [3.8, 4) is 5.75 Å². The van der Waals surface area contributed by atoms with Gasteiger partial charge in [-0.3, -0.25) is 4.79 Å². The first kappa shape index (κ1) is 24.5. The molecule has 2 heterocycles. The van der Waals surface area contributed by atoms with Crippen LogP contribution in [0.5, 0.6) is 5.75 Å². The second kappa shape index (κ2) is 10.2. The molecule has 1 aromatic carbocycles. The lowest BCUT2D eigenvalue weighted by molar-refractivity contribution is -0.137. The van der Waals surface area contributed by atoms with E-state index in [4.69, 9.17) is 4.74 Å². The van der Waals surface area contributed by atoms with Gasteiger partial charge in [-0.05, 0) is 49.6 Å². The largest absolute Gasteiger partial charge is 0.491 e. The molecule has 1 amide bonds. The van der Waals surface area contributed by atoms with Crippen LogP contribution in [-0.2, 0) is 27.4 Å². The molecule has 1 saturated heterocycles. The first-order valence-electron chi connectivity index (χ1n) is 10.3. The van der Waals surface area contributed by atoms with Crippen LogP contribution >= 0.6 is 11.3 Å². The maximum atomic E-state index is 13.1. The van der Waals surface area contributed by atoms with Crippen LogP contribution in [0.2, 0.25) is 0 Å². The summed E-state index contributed by atoms with van der Waals surface area (Å²) in [6.07, 6.45) is -1.43.